The molecule has 0 aromatic heterocycles. The van der Waals surface area contributed by atoms with Gasteiger partial charge in [0.25, 0.3) is 0 Å². The predicted molar refractivity (Wildman–Crippen MR) is 54.7 cm³/mol. The first-order valence-corrected chi connectivity index (χ1v) is 5.08. The highest BCUT2D eigenvalue weighted by Gasteiger charge is 2.08. The minimum Gasteiger partial charge on any atom is -0.495 e. The molecule has 0 aliphatic carbocycles. The van der Waals surface area contributed by atoms with Gasteiger partial charge in [-0.15, -0.1) is 0 Å². The van der Waals surface area contributed by atoms with Crippen molar-refractivity contribution in [2.45, 2.75) is 18.7 Å². The van der Waals surface area contributed by atoms with Crippen molar-refractivity contribution >= 4 is 10.8 Å². The van der Waals surface area contributed by atoms with Crippen LogP contribution in [0, 0.1) is 6.92 Å². The molecule has 0 spiro atoms. The van der Waals surface area contributed by atoms with Crippen LogP contribution >= 0.6 is 0 Å². The van der Waals surface area contributed by atoms with Gasteiger partial charge in [0.15, 0.2) is 0 Å². The van der Waals surface area contributed by atoms with Gasteiger partial charge in [-0.3, -0.25) is 4.21 Å². The van der Waals surface area contributed by atoms with Gasteiger partial charge in [-0.1, -0.05) is 13.0 Å². The molecule has 0 saturated heterocycles. The monoisotopic (exact) mass is 200 g/mol. The fraction of sp³-hybridized carbons (Fsp3) is 0.400. The number of hydrogen-bond acceptors (Lipinski definition) is 2. The first kappa shape index (κ1) is 7.56. The van der Waals surface area contributed by atoms with Crippen LogP contribution in [0.15, 0.2) is 23.1 Å². The smallest absolute Gasteiger partial charge is 0.134 e. The topological polar surface area (TPSA) is 26.3 Å². The Balaban J connectivity index is 3.23. The Hall–Kier alpha value is -0.830. The first-order valence-electron chi connectivity index (χ1n) is 4.93. The third-order valence-electron chi connectivity index (χ3n) is 1.70. The molecule has 1 aromatic rings. The van der Waals surface area contributed by atoms with Crippen molar-refractivity contribution in [2.75, 3.05) is 12.8 Å². The molecule has 0 radical (unpaired) electrons. The molecule has 0 bridgehead atoms. The molecule has 2 atom stereocenters. The van der Waals surface area contributed by atoms with E-state index in [1.165, 1.54) is 14.0 Å². The number of hydrogen-bond donors (Lipinski definition) is 0. The summed E-state index contributed by atoms with van der Waals surface area (Å²) in [5.74, 6) is 0.463. The largest absolute Gasteiger partial charge is 0.495 e. The summed E-state index contributed by atoms with van der Waals surface area (Å²) >= 11 is 0. The lowest BCUT2D eigenvalue weighted by atomic mass is 10.2. The standard InChI is InChI=1S/C10H14O2S/c1-4-13(11)10-7-8(2)5-6-9(10)12-3/h5-7H,4H2,1-3H3/i4+1DH. The van der Waals surface area contributed by atoms with Crippen molar-refractivity contribution in [3.8, 4) is 5.75 Å². The molecule has 0 heterocycles. The van der Waals surface area contributed by atoms with Crippen LogP contribution in [0.25, 0.3) is 0 Å². The van der Waals surface area contributed by atoms with Crippen LogP contribution in [0.4, 0.5) is 0 Å². The van der Waals surface area contributed by atoms with Gasteiger partial charge in [-0.2, -0.15) is 0 Å². The molecule has 1 rings (SSSR count). The third kappa shape index (κ3) is 2.31. The van der Waals surface area contributed by atoms with E-state index in [0.717, 1.165) is 5.56 Å². The Morgan fingerprint density at radius 2 is 2.46 bits per heavy atom. The van der Waals surface area contributed by atoms with Crippen molar-refractivity contribution < 1.29 is 11.7 Å². The third-order valence-corrected chi connectivity index (χ3v) is 2.79. The molecule has 72 valence electrons. The number of ether oxygens (including phenoxy) is 1. The van der Waals surface area contributed by atoms with Crippen LogP contribution in [0.3, 0.4) is 0 Å². The summed E-state index contributed by atoms with van der Waals surface area (Å²) in [6, 6.07) is 5.23. The van der Waals surface area contributed by atoms with Crippen LogP contribution in [0.2, 0.25) is 0 Å². The lowest BCUT2D eigenvalue weighted by molar-refractivity contribution is 0.404. The lowest BCUT2D eigenvalue weighted by Crippen LogP contribution is -1.98. The Morgan fingerprint density at radius 3 is 3.00 bits per heavy atom. The number of benzene rings is 1. The van der Waals surface area contributed by atoms with Gasteiger partial charge >= 0.3 is 0 Å². The SMILES string of the molecule is [1H][13C]([2H])(C)S(=O)c1cc(C)ccc1OC. The Kier molecular flexibility index (Phi) is 2.57. The van der Waals surface area contributed by atoms with Gasteiger partial charge in [0, 0.05) is 8.45 Å². The van der Waals surface area contributed by atoms with Gasteiger partial charge < -0.3 is 4.74 Å². The summed E-state index contributed by atoms with van der Waals surface area (Å²) in [5.41, 5.74) is -0.829. The molecule has 0 amide bonds. The van der Waals surface area contributed by atoms with E-state index < -0.39 is 16.5 Å². The summed E-state index contributed by atoms with van der Waals surface area (Å²) in [5, 5.41) is 0. The van der Waals surface area contributed by atoms with Gasteiger partial charge in [-0.05, 0) is 24.6 Å². The number of methoxy groups -OCH3 is 1. The minimum absolute atomic E-state index is 0.407. The molecule has 0 N–H and O–H groups in total. The van der Waals surface area contributed by atoms with Crippen molar-refractivity contribution in [3.63, 3.8) is 0 Å². The zero-order valence-electron chi connectivity index (χ0n) is 9.96. The molecule has 1 aromatic carbocycles. The predicted octanol–water partition coefficient (Wildman–Crippen LogP) is 2.13. The molecular formula is C10H14O2S. The Labute approximate surface area is 84.2 Å². The number of aryl methyl sites for hydroxylation is 1. The summed E-state index contributed by atoms with van der Waals surface area (Å²) in [7, 11) is -0.231. The maximum absolute atomic E-state index is 11.9. The highest BCUT2D eigenvalue weighted by atomic mass is 32.2. The van der Waals surface area contributed by atoms with E-state index in [1.54, 1.807) is 12.1 Å². The highest BCUT2D eigenvalue weighted by molar-refractivity contribution is 7.85. The van der Waals surface area contributed by atoms with Gasteiger partial charge in [0.1, 0.15) is 5.75 Å². The van der Waals surface area contributed by atoms with Crippen LogP contribution in [0.5, 0.6) is 5.75 Å². The molecule has 3 heteroatoms. The zero-order valence-corrected chi connectivity index (χ0v) is 8.77. The highest BCUT2D eigenvalue weighted by Crippen LogP contribution is 2.23. The average Bonchev–Trinajstić information content (AvgIpc) is 2.15. The van der Waals surface area contributed by atoms with Gasteiger partial charge in [0.2, 0.25) is 0 Å². The Morgan fingerprint density at radius 1 is 1.77 bits per heavy atom. The van der Waals surface area contributed by atoms with E-state index in [0.29, 0.717) is 10.6 Å². The van der Waals surface area contributed by atoms with E-state index in [1.807, 2.05) is 13.0 Å². The van der Waals surface area contributed by atoms with Crippen LogP contribution in [0.1, 0.15) is 15.2 Å². The normalized spacial score (nSPS) is 19.6. The second kappa shape index (κ2) is 4.42. The summed E-state index contributed by atoms with van der Waals surface area (Å²) < 4.78 is 31.8. The van der Waals surface area contributed by atoms with Crippen LogP contribution < -0.4 is 4.74 Å². The lowest BCUT2D eigenvalue weighted by Gasteiger charge is -2.07. The van der Waals surface area contributed by atoms with Gasteiger partial charge in [0.05, 0.1) is 22.8 Å². The van der Waals surface area contributed by atoms with Gasteiger partial charge in [-0.25, -0.2) is 0 Å². The first-order chi connectivity index (χ1) is 6.86. The Bertz CT molecular complexity index is 385. The second-order valence-corrected chi connectivity index (χ2v) is 4.01. The number of rotatable bonds is 3. The van der Waals surface area contributed by atoms with E-state index >= 15 is 0 Å². The van der Waals surface area contributed by atoms with E-state index in [-0.39, 0.29) is 0 Å². The molecule has 13 heavy (non-hydrogen) atoms. The van der Waals surface area contributed by atoms with Crippen molar-refractivity contribution in [1.29, 1.82) is 0 Å². The molecule has 0 aliphatic heterocycles. The fourth-order valence-corrected chi connectivity index (χ4v) is 1.89. The fourth-order valence-electron chi connectivity index (χ4n) is 1.04. The van der Waals surface area contributed by atoms with E-state index in [9.17, 15) is 4.21 Å². The second-order valence-electron chi connectivity index (χ2n) is 2.63. The van der Waals surface area contributed by atoms with E-state index in [4.69, 9.17) is 7.48 Å². The quantitative estimate of drug-likeness (QED) is 0.699. The average molecular weight is 200 g/mol. The molecular weight excluding hydrogens is 185 g/mol. The maximum atomic E-state index is 11.9. The summed E-state index contributed by atoms with van der Waals surface area (Å²) in [6.07, 6.45) is 0. The summed E-state index contributed by atoms with van der Waals surface area (Å²) in [6.45, 7) is 3.16. The van der Waals surface area contributed by atoms with E-state index in [2.05, 4.69) is 0 Å². The summed E-state index contributed by atoms with van der Waals surface area (Å²) in [4.78, 5) is 0.407. The van der Waals surface area contributed by atoms with Crippen LogP contribution in [-0.4, -0.2) is 17.0 Å². The van der Waals surface area contributed by atoms with Crippen molar-refractivity contribution in [3.05, 3.63) is 23.8 Å². The minimum atomic E-state index is -1.76. The van der Waals surface area contributed by atoms with Crippen LogP contribution in [-0.2, 0) is 10.8 Å². The molecule has 0 fully saturated rings. The van der Waals surface area contributed by atoms with Crippen molar-refractivity contribution in [1.82, 2.24) is 0 Å². The maximum Gasteiger partial charge on any atom is 0.134 e. The van der Waals surface area contributed by atoms with Crippen molar-refractivity contribution in [2.24, 2.45) is 0 Å². The molecule has 0 aliphatic rings. The molecule has 2 nitrogen and oxygen atoms in total. The zero-order chi connectivity index (χ0) is 11.6. The molecule has 0 saturated carbocycles. The molecule has 2 unspecified atom stereocenters.